The van der Waals surface area contributed by atoms with E-state index in [1.54, 1.807) is 6.08 Å². The molecule has 0 aliphatic rings. The van der Waals surface area contributed by atoms with Crippen molar-refractivity contribution in [2.24, 2.45) is 0 Å². The first kappa shape index (κ1) is 19.8. The molecule has 0 aromatic heterocycles. The summed E-state index contributed by atoms with van der Waals surface area (Å²) in [5, 5.41) is 4.82. The molecule has 0 aliphatic carbocycles. The Morgan fingerprint density at radius 2 is 1.81 bits per heavy atom. The van der Waals surface area contributed by atoms with E-state index in [2.05, 4.69) is 10.6 Å². The van der Waals surface area contributed by atoms with Gasteiger partial charge in [-0.25, -0.2) is 9.18 Å². The van der Waals surface area contributed by atoms with Crippen molar-refractivity contribution in [2.45, 2.75) is 6.92 Å². The van der Waals surface area contributed by atoms with Crippen LogP contribution in [-0.4, -0.2) is 30.9 Å². The van der Waals surface area contributed by atoms with Crippen LogP contribution in [0.2, 0.25) is 0 Å². The number of rotatable bonds is 7. The molecule has 2 N–H and O–H groups in total. The number of carbonyl (C=O) groups excluding carboxylic acids is 3. The number of amides is 2. The summed E-state index contributed by atoms with van der Waals surface area (Å²) in [6.45, 7) is 1.14. The molecule has 0 bridgehead atoms. The van der Waals surface area contributed by atoms with Crippen LogP contribution in [-0.2, 0) is 19.1 Å². The highest BCUT2D eigenvalue weighted by atomic mass is 19.1. The summed E-state index contributed by atoms with van der Waals surface area (Å²) in [4.78, 5) is 34.9. The lowest BCUT2D eigenvalue weighted by atomic mass is 10.1. The predicted molar refractivity (Wildman–Crippen MR) is 99.2 cm³/mol. The first-order chi connectivity index (χ1) is 12.9. The molecule has 0 fully saturated rings. The minimum Gasteiger partial charge on any atom is -0.452 e. The summed E-state index contributed by atoms with van der Waals surface area (Å²) >= 11 is 0. The molecule has 0 atom stereocenters. The number of ether oxygens (including phenoxy) is 1. The van der Waals surface area contributed by atoms with E-state index in [-0.39, 0.29) is 6.54 Å². The number of aryl methyl sites for hydroxylation is 1. The van der Waals surface area contributed by atoms with Crippen molar-refractivity contribution >= 4 is 29.5 Å². The summed E-state index contributed by atoms with van der Waals surface area (Å²) in [5.41, 5.74) is 2.31. The van der Waals surface area contributed by atoms with Gasteiger partial charge in [-0.1, -0.05) is 29.8 Å². The minimum absolute atomic E-state index is 0.299. The zero-order chi connectivity index (χ0) is 19.6. The van der Waals surface area contributed by atoms with Crippen molar-refractivity contribution in [3.63, 3.8) is 0 Å². The summed E-state index contributed by atoms with van der Waals surface area (Å²) < 4.78 is 17.6. The second-order valence-electron chi connectivity index (χ2n) is 5.69. The Morgan fingerprint density at radius 1 is 1.07 bits per heavy atom. The molecule has 0 unspecified atom stereocenters. The normalized spacial score (nSPS) is 10.4. The summed E-state index contributed by atoms with van der Waals surface area (Å²) in [6.07, 6.45) is 2.81. The lowest BCUT2D eigenvalue weighted by molar-refractivity contribution is -0.143. The fourth-order valence-electron chi connectivity index (χ4n) is 2.09. The van der Waals surface area contributed by atoms with Crippen LogP contribution < -0.4 is 10.6 Å². The third kappa shape index (κ3) is 7.52. The van der Waals surface area contributed by atoms with Crippen LogP contribution in [0.4, 0.5) is 10.1 Å². The molecule has 7 heteroatoms. The minimum atomic E-state index is -0.664. The van der Waals surface area contributed by atoms with Crippen molar-refractivity contribution in [3.05, 3.63) is 71.6 Å². The molecule has 2 rings (SSSR count). The first-order valence-corrected chi connectivity index (χ1v) is 8.16. The van der Waals surface area contributed by atoms with Crippen LogP contribution in [0.1, 0.15) is 11.1 Å². The Balaban J connectivity index is 1.68. The van der Waals surface area contributed by atoms with Gasteiger partial charge in [-0.05, 0) is 42.8 Å². The Hall–Kier alpha value is -3.48. The van der Waals surface area contributed by atoms with E-state index in [0.717, 1.165) is 11.1 Å². The molecule has 2 aromatic carbocycles. The van der Waals surface area contributed by atoms with Gasteiger partial charge in [-0.2, -0.15) is 0 Å². The highest BCUT2D eigenvalue weighted by molar-refractivity contribution is 5.95. The molecular weight excluding hydrogens is 351 g/mol. The first-order valence-electron chi connectivity index (χ1n) is 8.16. The number of halogens is 1. The van der Waals surface area contributed by atoms with E-state index < -0.39 is 30.2 Å². The summed E-state index contributed by atoms with van der Waals surface area (Å²) in [6, 6.07) is 12.8. The zero-order valence-electron chi connectivity index (χ0n) is 14.7. The van der Waals surface area contributed by atoms with E-state index in [1.807, 2.05) is 31.2 Å². The fourth-order valence-corrected chi connectivity index (χ4v) is 2.09. The van der Waals surface area contributed by atoms with Crippen LogP contribution in [0.15, 0.2) is 54.6 Å². The second kappa shape index (κ2) is 9.86. The SMILES string of the molecule is Cc1cccc(/C=C/C(=O)OCC(=O)NCC(=O)Nc2ccc(F)cc2)c1. The van der Waals surface area contributed by atoms with Crippen molar-refractivity contribution in [1.29, 1.82) is 0 Å². The van der Waals surface area contributed by atoms with Gasteiger partial charge in [0.05, 0.1) is 6.54 Å². The Kier molecular flexibility index (Phi) is 7.25. The average molecular weight is 370 g/mol. The number of carbonyl (C=O) groups is 3. The molecule has 27 heavy (non-hydrogen) atoms. The topological polar surface area (TPSA) is 84.5 Å². The molecule has 0 saturated carbocycles. The molecular formula is C20H19FN2O4. The third-order valence-corrected chi connectivity index (χ3v) is 3.37. The highest BCUT2D eigenvalue weighted by Crippen LogP contribution is 2.07. The van der Waals surface area contributed by atoms with E-state index in [1.165, 1.54) is 30.3 Å². The highest BCUT2D eigenvalue weighted by Gasteiger charge is 2.08. The number of hydrogen-bond acceptors (Lipinski definition) is 4. The molecule has 2 amide bonds. The van der Waals surface area contributed by atoms with E-state index in [4.69, 9.17) is 4.74 Å². The van der Waals surface area contributed by atoms with E-state index in [0.29, 0.717) is 5.69 Å². The maximum absolute atomic E-state index is 12.8. The Bertz CT molecular complexity index is 847. The Labute approximate surface area is 156 Å². The quantitative estimate of drug-likeness (QED) is 0.579. The van der Waals surface area contributed by atoms with E-state index >= 15 is 0 Å². The number of benzene rings is 2. The van der Waals surface area contributed by atoms with Gasteiger partial charge in [0.1, 0.15) is 5.82 Å². The third-order valence-electron chi connectivity index (χ3n) is 3.37. The van der Waals surface area contributed by atoms with Gasteiger partial charge in [0, 0.05) is 11.8 Å². The molecule has 0 spiro atoms. The van der Waals surface area contributed by atoms with Crippen LogP contribution in [0.5, 0.6) is 0 Å². The number of anilines is 1. The largest absolute Gasteiger partial charge is 0.452 e. The monoisotopic (exact) mass is 370 g/mol. The molecule has 140 valence electrons. The van der Waals surface area contributed by atoms with E-state index in [9.17, 15) is 18.8 Å². The molecule has 6 nitrogen and oxygen atoms in total. The van der Waals surface area contributed by atoms with Gasteiger partial charge >= 0.3 is 5.97 Å². The lowest BCUT2D eigenvalue weighted by Crippen LogP contribution is -2.35. The summed E-state index contributed by atoms with van der Waals surface area (Å²) in [5.74, 6) is -2.18. The van der Waals surface area contributed by atoms with Crippen LogP contribution in [0, 0.1) is 12.7 Å². The molecule has 0 saturated heterocycles. The number of nitrogens with one attached hydrogen (secondary N) is 2. The van der Waals surface area contributed by atoms with Crippen molar-refractivity contribution in [2.75, 3.05) is 18.5 Å². The van der Waals surface area contributed by atoms with Crippen LogP contribution >= 0.6 is 0 Å². The van der Waals surface area contributed by atoms with Crippen molar-refractivity contribution in [1.82, 2.24) is 5.32 Å². The predicted octanol–water partition coefficient (Wildman–Crippen LogP) is 2.45. The van der Waals surface area contributed by atoms with Crippen LogP contribution in [0.3, 0.4) is 0 Å². The lowest BCUT2D eigenvalue weighted by Gasteiger charge is -2.07. The summed E-state index contributed by atoms with van der Waals surface area (Å²) in [7, 11) is 0. The number of hydrogen-bond donors (Lipinski definition) is 2. The van der Waals surface area contributed by atoms with Gasteiger partial charge in [0.2, 0.25) is 5.91 Å². The fraction of sp³-hybridized carbons (Fsp3) is 0.150. The van der Waals surface area contributed by atoms with Gasteiger partial charge in [0.25, 0.3) is 5.91 Å². The van der Waals surface area contributed by atoms with Crippen molar-refractivity contribution < 1.29 is 23.5 Å². The standard InChI is InChI=1S/C20H19FN2O4/c1-14-3-2-4-15(11-14)5-10-20(26)27-13-19(25)22-12-18(24)23-17-8-6-16(21)7-9-17/h2-11H,12-13H2,1H3,(H,22,25)(H,23,24)/b10-5+. The van der Waals surface area contributed by atoms with Gasteiger partial charge < -0.3 is 15.4 Å². The van der Waals surface area contributed by atoms with Crippen molar-refractivity contribution in [3.8, 4) is 0 Å². The maximum atomic E-state index is 12.8. The molecule has 0 heterocycles. The van der Waals surface area contributed by atoms with Gasteiger partial charge in [-0.15, -0.1) is 0 Å². The zero-order valence-corrected chi connectivity index (χ0v) is 14.7. The average Bonchev–Trinajstić information content (AvgIpc) is 2.65. The molecule has 0 aliphatic heterocycles. The number of esters is 1. The maximum Gasteiger partial charge on any atom is 0.331 e. The smallest absolute Gasteiger partial charge is 0.331 e. The molecule has 0 radical (unpaired) electrons. The van der Waals surface area contributed by atoms with Crippen LogP contribution in [0.25, 0.3) is 6.08 Å². The molecule has 2 aromatic rings. The van der Waals surface area contributed by atoms with Gasteiger partial charge in [-0.3, -0.25) is 9.59 Å². The van der Waals surface area contributed by atoms with Gasteiger partial charge in [0.15, 0.2) is 6.61 Å². The Morgan fingerprint density at radius 3 is 2.52 bits per heavy atom. The second-order valence-corrected chi connectivity index (χ2v) is 5.69.